The van der Waals surface area contributed by atoms with Crippen molar-refractivity contribution in [2.45, 2.75) is 25.8 Å². The molecule has 2 aromatic rings. The average Bonchev–Trinajstić information content (AvgIpc) is 3.31. The summed E-state index contributed by atoms with van der Waals surface area (Å²) in [5.74, 6) is 0. The number of nitrogens with one attached hydrogen (secondary N) is 1. The molecule has 0 spiro atoms. The van der Waals surface area contributed by atoms with Crippen molar-refractivity contribution < 1.29 is 8.42 Å². The summed E-state index contributed by atoms with van der Waals surface area (Å²) in [7, 11) is -3.41. The van der Waals surface area contributed by atoms with Crippen molar-refractivity contribution in [1.82, 2.24) is 18.8 Å². The monoisotopic (exact) mass is 357 g/mol. The zero-order chi connectivity index (χ0) is 17.4. The number of rotatable bonds is 3. The summed E-state index contributed by atoms with van der Waals surface area (Å²) < 4.78 is 28.8. The van der Waals surface area contributed by atoms with Gasteiger partial charge in [-0.1, -0.05) is 12.1 Å². The molecule has 0 unspecified atom stereocenters. The van der Waals surface area contributed by atoms with E-state index in [1.807, 2.05) is 12.1 Å². The van der Waals surface area contributed by atoms with Gasteiger partial charge in [0, 0.05) is 49.4 Å². The van der Waals surface area contributed by atoms with Gasteiger partial charge < -0.3 is 0 Å². The molecule has 8 heteroatoms. The first-order valence-corrected chi connectivity index (χ1v) is 9.81. The van der Waals surface area contributed by atoms with Crippen LogP contribution in [0.15, 0.2) is 24.3 Å². The van der Waals surface area contributed by atoms with Crippen LogP contribution in [0.2, 0.25) is 0 Å². The highest BCUT2D eigenvalue weighted by Crippen LogP contribution is 2.30. The van der Waals surface area contributed by atoms with Gasteiger partial charge in [-0.05, 0) is 25.0 Å². The molecule has 7 nitrogen and oxygen atoms in total. The fourth-order valence-electron chi connectivity index (χ4n) is 3.49. The lowest BCUT2D eigenvalue weighted by atomic mass is 10.0. The van der Waals surface area contributed by atoms with E-state index in [2.05, 4.69) is 16.3 Å². The lowest BCUT2D eigenvalue weighted by Crippen LogP contribution is -2.44. The third-order valence-electron chi connectivity index (χ3n) is 4.90. The highest BCUT2D eigenvalue weighted by molar-refractivity contribution is 7.86. The van der Waals surface area contributed by atoms with Gasteiger partial charge in [0.15, 0.2) is 0 Å². The Kier molecular flexibility index (Phi) is 4.07. The Hall–Kier alpha value is -2.21. The van der Waals surface area contributed by atoms with Crippen LogP contribution in [0.25, 0.3) is 11.3 Å². The second kappa shape index (κ2) is 6.26. The van der Waals surface area contributed by atoms with Crippen LogP contribution in [-0.4, -0.2) is 46.9 Å². The highest BCUT2D eigenvalue weighted by Gasteiger charge is 2.35. The molecule has 1 aromatic carbocycles. The van der Waals surface area contributed by atoms with E-state index in [-0.39, 0.29) is 0 Å². The van der Waals surface area contributed by atoms with Crippen molar-refractivity contribution in [3.8, 4) is 17.3 Å². The largest absolute Gasteiger partial charge is 0.282 e. The van der Waals surface area contributed by atoms with Crippen molar-refractivity contribution in [3.05, 3.63) is 41.1 Å². The third-order valence-corrected chi connectivity index (χ3v) is 6.89. The predicted octanol–water partition coefficient (Wildman–Crippen LogP) is 1.65. The SMILES string of the molecule is N#Cc1ccc(-c2n[nH]c3c2CN(S(=O)(=O)N2CCCC2)CC3)cc1. The molecule has 2 aliphatic heterocycles. The molecule has 130 valence electrons. The molecular weight excluding hydrogens is 338 g/mol. The normalized spacial score (nSPS) is 18.8. The van der Waals surface area contributed by atoms with E-state index < -0.39 is 10.2 Å². The molecule has 1 N–H and O–H groups in total. The summed E-state index contributed by atoms with van der Waals surface area (Å²) >= 11 is 0. The molecule has 0 atom stereocenters. The zero-order valence-electron chi connectivity index (χ0n) is 13.8. The number of aromatic amines is 1. The highest BCUT2D eigenvalue weighted by atomic mass is 32.2. The van der Waals surface area contributed by atoms with Gasteiger partial charge in [-0.25, -0.2) is 0 Å². The Balaban J connectivity index is 1.64. The molecule has 3 heterocycles. The maximum absolute atomic E-state index is 12.8. The second-order valence-corrected chi connectivity index (χ2v) is 8.34. The number of nitriles is 1. The van der Waals surface area contributed by atoms with E-state index in [1.165, 1.54) is 0 Å². The Bertz CT molecular complexity index is 921. The molecule has 25 heavy (non-hydrogen) atoms. The fraction of sp³-hybridized carbons (Fsp3) is 0.412. The van der Waals surface area contributed by atoms with E-state index in [0.717, 1.165) is 35.4 Å². The predicted molar refractivity (Wildman–Crippen MR) is 92.6 cm³/mol. The summed E-state index contributed by atoms with van der Waals surface area (Å²) in [5, 5.41) is 16.4. The molecule has 0 bridgehead atoms. The third kappa shape index (κ3) is 2.84. The van der Waals surface area contributed by atoms with E-state index >= 15 is 0 Å². The quantitative estimate of drug-likeness (QED) is 0.904. The van der Waals surface area contributed by atoms with E-state index in [0.29, 0.717) is 38.2 Å². The second-order valence-electron chi connectivity index (χ2n) is 6.42. The molecule has 0 aliphatic carbocycles. The summed E-state index contributed by atoms with van der Waals surface area (Å²) in [6, 6.07) is 9.29. The number of benzene rings is 1. The number of fused-ring (bicyclic) bond motifs is 1. The van der Waals surface area contributed by atoms with Crippen LogP contribution in [0.3, 0.4) is 0 Å². The van der Waals surface area contributed by atoms with Crippen LogP contribution >= 0.6 is 0 Å². The van der Waals surface area contributed by atoms with Crippen LogP contribution in [0.1, 0.15) is 29.7 Å². The van der Waals surface area contributed by atoms with Crippen molar-refractivity contribution in [3.63, 3.8) is 0 Å². The van der Waals surface area contributed by atoms with Gasteiger partial charge in [0.2, 0.25) is 0 Å². The first kappa shape index (κ1) is 16.3. The molecule has 1 fully saturated rings. The molecule has 2 aliphatic rings. The molecule has 0 saturated carbocycles. The minimum atomic E-state index is -3.41. The topological polar surface area (TPSA) is 93.1 Å². The molecule has 1 aromatic heterocycles. The smallest absolute Gasteiger partial charge is 0.282 e. The van der Waals surface area contributed by atoms with Crippen LogP contribution in [0.5, 0.6) is 0 Å². The van der Waals surface area contributed by atoms with Crippen molar-refractivity contribution in [2.24, 2.45) is 0 Å². The number of H-pyrrole nitrogens is 1. The minimum absolute atomic E-state index is 0.333. The maximum Gasteiger partial charge on any atom is 0.282 e. The summed E-state index contributed by atoms with van der Waals surface area (Å²) in [6.07, 6.45) is 2.49. The van der Waals surface area contributed by atoms with Gasteiger partial charge in [-0.3, -0.25) is 5.10 Å². The maximum atomic E-state index is 12.8. The van der Waals surface area contributed by atoms with Crippen molar-refractivity contribution in [1.29, 1.82) is 5.26 Å². The van der Waals surface area contributed by atoms with Gasteiger partial charge in [-0.15, -0.1) is 0 Å². The standard InChI is InChI=1S/C17H19N5O2S/c18-11-13-3-5-14(6-4-13)17-15-12-22(10-7-16(15)19-20-17)25(23,24)21-8-1-2-9-21/h3-6H,1-2,7-10,12H2,(H,19,20). The van der Waals surface area contributed by atoms with Crippen LogP contribution < -0.4 is 0 Å². The summed E-state index contributed by atoms with van der Waals surface area (Å²) in [6.45, 7) is 2.03. The molecule has 0 radical (unpaired) electrons. The Morgan fingerprint density at radius 1 is 1.08 bits per heavy atom. The first-order valence-electron chi connectivity index (χ1n) is 8.41. The number of nitrogens with zero attached hydrogens (tertiary/aromatic N) is 4. The van der Waals surface area contributed by atoms with Crippen molar-refractivity contribution >= 4 is 10.2 Å². The first-order chi connectivity index (χ1) is 12.1. The Morgan fingerprint density at radius 3 is 2.48 bits per heavy atom. The minimum Gasteiger partial charge on any atom is -0.282 e. The van der Waals surface area contributed by atoms with Gasteiger partial charge in [0.25, 0.3) is 10.2 Å². The fourth-order valence-corrected chi connectivity index (χ4v) is 5.15. The van der Waals surface area contributed by atoms with Gasteiger partial charge >= 0.3 is 0 Å². The van der Waals surface area contributed by atoms with Crippen LogP contribution in [0, 0.1) is 11.3 Å². The molecule has 1 saturated heterocycles. The van der Waals surface area contributed by atoms with Crippen LogP contribution in [-0.2, 0) is 23.2 Å². The summed E-state index contributed by atoms with van der Waals surface area (Å²) in [5.41, 5.74) is 4.16. The van der Waals surface area contributed by atoms with Gasteiger partial charge in [-0.2, -0.15) is 27.4 Å². The van der Waals surface area contributed by atoms with Crippen molar-refractivity contribution in [2.75, 3.05) is 19.6 Å². The van der Waals surface area contributed by atoms with E-state index in [9.17, 15) is 8.42 Å². The van der Waals surface area contributed by atoms with E-state index in [4.69, 9.17) is 5.26 Å². The van der Waals surface area contributed by atoms with E-state index in [1.54, 1.807) is 20.7 Å². The number of hydrogen-bond acceptors (Lipinski definition) is 4. The molecular formula is C17H19N5O2S. The summed E-state index contributed by atoms with van der Waals surface area (Å²) in [4.78, 5) is 0. The van der Waals surface area contributed by atoms with Crippen LogP contribution in [0.4, 0.5) is 0 Å². The zero-order valence-corrected chi connectivity index (χ0v) is 14.6. The average molecular weight is 357 g/mol. The Labute approximate surface area is 147 Å². The molecule has 0 amide bonds. The molecule has 4 rings (SSSR count). The van der Waals surface area contributed by atoms with Gasteiger partial charge in [0.05, 0.1) is 17.3 Å². The number of aromatic nitrogens is 2. The Morgan fingerprint density at radius 2 is 1.80 bits per heavy atom. The lowest BCUT2D eigenvalue weighted by molar-refractivity contribution is 0.345. The number of hydrogen-bond donors (Lipinski definition) is 1. The lowest BCUT2D eigenvalue weighted by Gasteiger charge is -2.30. The van der Waals surface area contributed by atoms with Gasteiger partial charge in [0.1, 0.15) is 0 Å².